The number of aliphatic hydroxyl groups is 1. The van der Waals surface area contributed by atoms with Gasteiger partial charge in [0.2, 0.25) is 0 Å². The van der Waals surface area contributed by atoms with Crippen LogP contribution in [-0.4, -0.2) is 22.8 Å². The zero-order valence-corrected chi connectivity index (χ0v) is 9.05. The van der Waals surface area contributed by atoms with Crippen LogP contribution in [0.1, 0.15) is 5.56 Å². The van der Waals surface area contributed by atoms with Crippen molar-refractivity contribution < 1.29 is 19.7 Å². The summed E-state index contributed by atoms with van der Waals surface area (Å²) in [6, 6.07) is 2.81. The number of carboxylic acid groups (broad SMARTS) is 1. The lowest BCUT2D eigenvalue weighted by molar-refractivity contribution is -0.139. The highest BCUT2D eigenvalue weighted by Crippen LogP contribution is 2.30. The maximum Gasteiger partial charge on any atom is 0.341 e. The van der Waals surface area contributed by atoms with E-state index in [-0.39, 0.29) is 22.4 Å². The Morgan fingerprint density at radius 3 is 2.47 bits per heavy atom. The summed E-state index contributed by atoms with van der Waals surface area (Å²) >= 11 is 11.4. The van der Waals surface area contributed by atoms with Gasteiger partial charge in [0.05, 0.1) is 16.7 Å². The molecule has 0 amide bonds. The quantitative estimate of drug-likeness (QED) is 0.858. The first-order valence-electron chi connectivity index (χ1n) is 3.98. The third-order valence-corrected chi connectivity index (χ3v) is 2.35. The number of aliphatic carboxylic acids is 1. The fraction of sp³-hybridized carbons (Fsp3) is 0.222. The zero-order chi connectivity index (χ0) is 11.4. The van der Waals surface area contributed by atoms with Gasteiger partial charge >= 0.3 is 5.97 Å². The van der Waals surface area contributed by atoms with Gasteiger partial charge in [-0.1, -0.05) is 23.2 Å². The summed E-state index contributed by atoms with van der Waals surface area (Å²) < 4.78 is 4.92. The van der Waals surface area contributed by atoms with E-state index < -0.39 is 12.6 Å². The van der Waals surface area contributed by atoms with Gasteiger partial charge in [0.25, 0.3) is 0 Å². The molecule has 6 heteroatoms. The van der Waals surface area contributed by atoms with Crippen LogP contribution in [0.25, 0.3) is 0 Å². The smallest absolute Gasteiger partial charge is 0.341 e. The fourth-order valence-electron chi connectivity index (χ4n) is 0.967. The van der Waals surface area contributed by atoms with Gasteiger partial charge in [0, 0.05) is 11.6 Å². The van der Waals surface area contributed by atoms with E-state index >= 15 is 0 Å². The molecule has 0 heterocycles. The topological polar surface area (TPSA) is 66.8 Å². The number of carbonyl (C=O) groups is 1. The highest BCUT2D eigenvalue weighted by atomic mass is 35.5. The molecule has 0 fully saturated rings. The Morgan fingerprint density at radius 2 is 1.93 bits per heavy atom. The summed E-state index contributed by atoms with van der Waals surface area (Å²) in [4.78, 5) is 10.3. The van der Waals surface area contributed by atoms with E-state index in [4.69, 9.17) is 38.2 Å². The first-order valence-corrected chi connectivity index (χ1v) is 4.73. The van der Waals surface area contributed by atoms with E-state index in [1.54, 1.807) is 0 Å². The van der Waals surface area contributed by atoms with E-state index in [0.29, 0.717) is 5.56 Å². The van der Waals surface area contributed by atoms with Crippen molar-refractivity contribution in [3.05, 3.63) is 27.7 Å². The SMILES string of the molecule is O=C(O)COc1cc(Cl)c(Cl)cc1CO. The third kappa shape index (κ3) is 3.27. The molecule has 0 spiro atoms. The number of ether oxygens (including phenoxy) is 1. The molecule has 0 saturated heterocycles. The van der Waals surface area contributed by atoms with E-state index in [2.05, 4.69) is 0 Å². The Labute approximate surface area is 96.0 Å². The molecule has 0 unspecified atom stereocenters. The molecule has 0 bridgehead atoms. The number of hydrogen-bond donors (Lipinski definition) is 2. The van der Waals surface area contributed by atoms with Crippen LogP contribution in [0.15, 0.2) is 12.1 Å². The molecule has 4 nitrogen and oxygen atoms in total. The van der Waals surface area contributed by atoms with Gasteiger partial charge in [-0.05, 0) is 6.07 Å². The van der Waals surface area contributed by atoms with Gasteiger partial charge in [-0.25, -0.2) is 4.79 Å². The summed E-state index contributed by atoms with van der Waals surface area (Å²) in [6.45, 7) is -0.795. The Balaban J connectivity index is 2.94. The molecule has 0 aliphatic carbocycles. The van der Waals surface area contributed by atoms with Crippen LogP contribution in [0.3, 0.4) is 0 Å². The second kappa shape index (κ2) is 5.21. The molecule has 2 N–H and O–H groups in total. The second-order valence-corrected chi connectivity index (χ2v) is 3.53. The van der Waals surface area contributed by atoms with Crippen LogP contribution in [0, 0.1) is 0 Å². The average molecular weight is 251 g/mol. The zero-order valence-electron chi connectivity index (χ0n) is 7.54. The molecular weight excluding hydrogens is 243 g/mol. The lowest BCUT2D eigenvalue weighted by Gasteiger charge is -2.09. The minimum atomic E-state index is -1.11. The molecule has 0 atom stereocenters. The van der Waals surface area contributed by atoms with Gasteiger partial charge < -0.3 is 14.9 Å². The Kier molecular flexibility index (Phi) is 4.20. The van der Waals surface area contributed by atoms with Crippen molar-refractivity contribution in [1.82, 2.24) is 0 Å². The molecule has 0 aromatic heterocycles. The molecule has 0 radical (unpaired) electrons. The van der Waals surface area contributed by atoms with Crippen molar-refractivity contribution in [2.75, 3.05) is 6.61 Å². The minimum Gasteiger partial charge on any atom is -0.481 e. The second-order valence-electron chi connectivity index (χ2n) is 2.71. The van der Waals surface area contributed by atoms with Crippen molar-refractivity contribution >= 4 is 29.2 Å². The fourth-order valence-corrected chi connectivity index (χ4v) is 1.31. The molecule has 1 aromatic carbocycles. The molecule has 15 heavy (non-hydrogen) atoms. The minimum absolute atomic E-state index is 0.217. The standard InChI is InChI=1S/C9H8Cl2O4/c10-6-1-5(3-12)8(2-7(6)11)15-4-9(13)14/h1-2,12H,3-4H2,(H,13,14). The summed E-state index contributed by atoms with van der Waals surface area (Å²) in [5, 5.41) is 17.9. The molecular formula is C9H8Cl2O4. The van der Waals surface area contributed by atoms with Crippen LogP contribution in [0.5, 0.6) is 5.75 Å². The molecule has 1 aromatic rings. The van der Waals surface area contributed by atoms with Crippen molar-refractivity contribution in [2.24, 2.45) is 0 Å². The van der Waals surface area contributed by atoms with Crippen molar-refractivity contribution in [3.8, 4) is 5.75 Å². The number of carboxylic acids is 1. The maximum absolute atomic E-state index is 10.3. The van der Waals surface area contributed by atoms with Crippen molar-refractivity contribution in [2.45, 2.75) is 6.61 Å². The van der Waals surface area contributed by atoms with Gasteiger partial charge in [0.15, 0.2) is 6.61 Å². The van der Waals surface area contributed by atoms with Crippen LogP contribution in [0.2, 0.25) is 10.0 Å². The van der Waals surface area contributed by atoms with Gasteiger partial charge in [-0.2, -0.15) is 0 Å². The Hall–Kier alpha value is -0.970. The lowest BCUT2D eigenvalue weighted by Crippen LogP contribution is -2.10. The lowest BCUT2D eigenvalue weighted by atomic mass is 10.2. The first kappa shape index (κ1) is 12.1. The number of halogens is 2. The van der Waals surface area contributed by atoms with Gasteiger partial charge in [-0.15, -0.1) is 0 Å². The largest absolute Gasteiger partial charge is 0.481 e. The van der Waals surface area contributed by atoms with E-state index in [1.165, 1.54) is 12.1 Å². The number of benzene rings is 1. The molecule has 0 aliphatic rings. The number of hydrogen-bond acceptors (Lipinski definition) is 3. The Morgan fingerprint density at radius 1 is 1.33 bits per heavy atom. The highest BCUT2D eigenvalue weighted by Gasteiger charge is 2.09. The van der Waals surface area contributed by atoms with E-state index in [1.807, 2.05) is 0 Å². The van der Waals surface area contributed by atoms with Crippen molar-refractivity contribution in [3.63, 3.8) is 0 Å². The summed E-state index contributed by atoms with van der Waals surface area (Å²) in [6.07, 6.45) is 0. The van der Waals surface area contributed by atoms with E-state index in [0.717, 1.165) is 0 Å². The summed E-state index contributed by atoms with van der Waals surface area (Å²) in [7, 11) is 0. The average Bonchev–Trinajstić information content (AvgIpc) is 2.19. The third-order valence-electron chi connectivity index (χ3n) is 1.62. The summed E-state index contributed by atoms with van der Waals surface area (Å²) in [5.41, 5.74) is 0.394. The van der Waals surface area contributed by atoms with E-state index in [9.17, 15) is 4.79 Å². The predicted octanol–water partition coefficient (Wildman–Crippen LogP) is 1.95. The first-order chi connectivity index (χ1) is 7.04. The van der Waals surface area contributed by atoms with Crippen LogP contribution >= 0.6 is 23.2 Å². The number of rotatable bonds is 4. The predicted molar refractivity (Wildman–Crippen MR) is 55.5 cm³/mol. The monoisotopic (exact) mass is 250 g/mol. The molecule has 0 saturated carbocycles. The molecule has 1 rings (SSSR count). The normalized spacial score (nSPS) is 10.1. The van der Waals surface area contributed by atoms with Crippen LogP contribution in [-0.2, 0) is 11.4 Å². The Bertz CT molecular complexity index is 379. The van der Waals surface area contributed by atoms with Gasteiger partial charge in [0.1, 0.15) is 5.75 Å². The molecule has 82 valence electrons. The number of aliphatic hydroxyl groups excluding tert-OH is 1. The molecule has 0 aliphatic heterocycles. The van der Waals surface area contributed by atoms with Crippen LogP contribution < -0.4 is 4.74 Å². The van der Waals surface area contributed by atoms with Gasteiger partial charge in [-0.3, -0.25) is 0 Å². The maximum atomic E-state index is 10.3. The van der Waals surface area contributed by atoms with Crippen LogP contribution in [0.4, 0.5) is 0 Å². The van der Waals surface area contributed by atoms with Crippen molar-refractivity contribution in [1.29, 1.82) is 0 Å². The highest BCUT2D eigenvalue weighted by molar-refractivity contribution is 6.42. The summed E-state index contributed by atoms with van der Waals surface area (Å²) in [5.74, 6) is -0.890.